The standard InChI is InChI=1S/C18H20N4O5S2/c1-11-9-14-16(29-11)17(24)21(7-8-27-2)18(20-14)28-10-15(23)19-12-3-5-13(6-4-12)22(25)26/h3-6,11H,7-10H2,1-2H3,(H,19,23)/t11-/m0/s1. The van der Waals surface area contributed by atoms with Gasteiger partial charge in [-0.2, -0.15) is 0 Å². The maximum absolute atomic E-state index is 12.8. The van der Waals surface area contributed by atoms with E-state index >= 15 is 0 Å². The SMILES string of the molecule is COCCn1c(SCC(=O)Nc2ccc([N+](=O)[O-])cc2)nc2c(c1=O)S[C@@H](C)C2. The first-order chi connectivity index (χ1) is 13.9. The van der Waals surface area contributed by atoms with Crippen LogP contribution < -0.4 is 10.9 Å². The molecule has 1 aliphatic heterocycles. The molecule has 0 radical (unpaired) electrons. The van der Waals surface area contributed by atoms with Gasteiger partial charge in [0.25, 0.3) is 11.2 Å². The summed E-state index contributed by atoms with van der Waals surface area (Å²) in [7, 11) is 1.56. The van der Waals surface area contributed by atoms with E-state index in [9.17, 15) is 19.7 Å². The number of hydrogen-bond acceptors (Lipinski definition) is 8. The Labute approximate surface area is 175 Å². The predicted octanol–water partition coefficient (Wildman–Crippen LogP) is 2.57. The molecule has 0 bridgehead atoms. The lowest BCUT2D eigenvalue weighted by Gasteiger charge is -2.13. The molecule has 1 aromatic carbocycles. The van der Waals surface area contributed by atoms with E-state index in [1.165, 1.54) is 47.8 Å². The molecule has 3 rings (SSSR count). The largest absolute Gasteiger partial charge is 0.383 e. The minimum absolute atomic E-state index is 0.0472. The van der Waals surface area contributed by atoms with E-state index in [0.717, 1.165) is 12.1 Å². The second kappa shape index (κ2) is 9.42. The Morgan fingerprint density at radius 1 is 1.45 bits per heavy atom. The van der Waals surface area contributed by atoms with E-state index < -0.39 is 4.92 Å². The number of aromatic nitrogens is 2. The highest BCUT2D eigenvalue weighted by molar-refractivity contribution is 8.00. The molecule has 0 unspecified atom stereocenters. The number of benzene rings is 1. The molecule has 9 nitrogen and oxygen atoms in total. The van der Waals surface area contributed by atoms with Crippen molar-refractivity contribution in [2.75, 3.05) is 24.8 Å². The molecule has 0 aliphatic carbocycles. The number of carbonyl (C=O) groups excluding carboxylic acids is 1. The molecule has 1 N–H and O–H groups in total. The van der Waals surface area contributed by atoms with Gasteiger partial charge in [0.15, 0.2) is 5.16 Å². The van der Waals surface area contributed by atoms with Crippen molar-refractivity contribution in [2.45, 2.75) is 35.2 Å². The number of nitrogens with zero attached hydrogens (tertiary/aromatic N) is 3. The van der Waals surface area contributed by atoms with Crippen molar-refractivity contribution in [3.63, 3.8) is 0 Å². The second-order valence-corrected chi connectivity index (χ2v) is 8.78. The van der Waals surface area contributed by atoms with Crippen molar-refractivity contribution in [3.05, 3.63) is 50.4 Å². The molecule has 1 aromatic heterocycles. The molecule has 2 aromatic rings. The van der Waals surface area contributed by atoms with Crippen LogP contribution in [0.15, 0.2) is 39.1 Å². The summed E-state index contributed by atoms with van der Waals surface area (Å²) in [4.78, 5) is 40.6. The number of amides is 1. The highest BCUT2D eigenvalue weighted by atomic mass is 32.2. The fourth-order valence-corrected chi connectivity index (χ4v) is 4.77. The quantitative estimate of drug-likeness (QED) is 0.290. The third kappa shape index (κ3) is 5.17. The summed E-state index contributed by atoms with van der Waals surface area (Å²) in [6.07, 6.45) is 0.725. The number of nitrogens with one attached hydrogen (secondary N) is 1. The van der Waals surface area contributed by atoms with E-state index in [1.54, 1.807) is 11.7 Å². The molecular weight excluding hydrogens is 416 g/mol. The number of non-ortho nitro benzene ring substituents is 1. The molecule has 0 saturated heterocycles. The molecular formula is C18H20N4O5S2. The molecule has 11 heteroatoms. The number of nitro groups is 1. The van der Waals surface area contributed by atoms with Crippen molar-refractivity contribution in [3.8, 4) is 0 Å². The van der Waals surface area contributed by atoms with Crippen LogP contribution in [-0.4, -0.2) is 45.1 Å². The Kier molecular flexibility index (Phi) is 6.93. The van der Waals surface area contributed by atoms with Crippen LogP contribution in [-0.2, 0) is 22.5 Å². The van der Waals surface area contributed by atoms with Crippen LogP contribution in [0, 0.1) is 10.1 Å². The van der Waals surface area contributed by atoms with E-state index in [1.807, 2.05) is 0 Å². The van der Waals surface area contributed by atoms with E-state index in [2.05, 4.69) is 17.2 Å². The van der Waals surface area contributed by atoms with Gasteiger partial charge in [0, 0.05) is 36.6 Å². The number of anilines is 1. The number of hydrogen-bond donors (Lipinski definition) is 1. The van der Waals surface area contributed by atoms with E-state index in [0.29, 0.717) is 34.1 Å². The molecule has 0 saturated carbocycles. The van der Waals surface area contributed by atoms with Crippen LogP contribution in [0.3, 0.4) is 0 Å². The minimum atomic E-state index is -0.501. The zero-order valence-electron chi connectivity index (χ0n) is 15.9. The average molecular weight is 437 g/mol. The Morgan fingerprint density at radius 3 is 2.83 bits per heavy atom. The predicted molar refractivity (Wildman–Crippen MR) is 112 cm³/mol. The van der Waals surface area contributed by atoms with Crippen LogP contribution in [0.25, 0.3) is 0 Å². The van der Waals surface area contributed by atoms with Gasteiger partial charge < -0.3 is 10.1 Å². The topological polar surface area (TPSA) is 116 Å². The summed E-state index contributed by atoms with van der Waals surface area (Å²) < 4.78 is 6.65. The number of fused-ring (bicyclic) bond motifs is 1. The average Bonchev–Trinajstić information content (AvgIpc) is 3.07. The highest BCUT2D eigenvalue weighted by Gasteiger charge is 2.26. The summed E-state index contributed by atoms with van der Waals surface area (Å²) >= 11 is 2.71. The fourth-order valence-electron chi connectivity index (χ4n) is 2.81. The molecule has 1 amide bonds. The summed E-state index contributed by atoms with van der Waals surface area (Å²) in [6, 6.07) is 5.60. The van der Waals surface area contributed by atoms with Crippen molar-refractivity contribution >= 4 is 40.8 Å². The lowest BCUT2D eigenvalue weighted by Crippen LogP contribution is -2.27. The number of ether oxygens (including phenoxy) is 1. The Morgan fingerprint density at radius 2 is 2.17 bits per heavy atom. The minimum Gasteiger partial charge on any atom is -0.383 e. The van der Waals surface area contributed by atoms with E-state index in [-0.39, 0.29) is 22.9 Å². The summed E-state index contributed by atoms with van der Waals surface area (Å²) in [5.74, 6) is -0.239. The maximum atomic E-state index is 12.8. The van der Waals surface area contributed by atoms with Crippen molar-refractivity contribution in [2.24, 2.45) is 0 Å². The first-order valence-electron chi connectivity index (χ1n) is 8.85. The van der Waals surface area contributed by atoms with Gasteiger partial charge in [-0.05, 0) is 12.1 Å². The molecule has 1 aliphatic rings. The van der Waals surface area contributed by atoms with Gasteiger partial charge in [-0.25, -0.2) is 4.98 Å². The zero-order valence-corrected chi connectivity index (χ0v) is 17.5. The number of rotatable bonds is 8. The monoisotopic (exact) mass is 436 g/mol. The zero-order chi connectivity index (χ0) is 21.0. The molecule has 2 heterocycles. The molecule has 154 valence electrons. The van der Waals surface area contributed by atoms with E-state index in [4.69, 9.17) is 4.74 Å². The lowest BCUT2D eigenvalue weighted by atomic mass is 10.2. The van der Waals surface area contributed by atoms with Crippen molar-refractivity contribution in [1.82, 2.24) is 9.55 Å². The number of carbonyl (C=O) groups is 1. The highest BCUT2D eigenvalue weighted by Crippen LogP contribution is 2.34. The van der Waals surface area contributed by atoms with Crippen LogP contribution in [0.4, 0.5) is 11.4 Å². The maximum Gasteiger partial charge on any atom is 0.269 e. The third-order valence-corrected chi connectivity index (χ3v) is 6.37. The molecule has 29 heavy (non-hydrogen) atoms. The molecule has 0 fully saturated rings. The fraction of sp³-hybridized carbons (Fsp3) is 0.389. The Balaban J connectivity index is 1.71. The number of methoxy groups -OCH3 is 1. The first-order valence-corrected chi connectivity index (χ1v) is 10.7. The van der Waals surface area contributed by atoms with Gasteiger partial charge >= 0.3 is 0 Å². The Hall–Kier alpha value is -2.37. The van der Waals surface area contributed by atoms with Gasteiger partial charge in [-0.3, -0.25) is 24.3 Å². The lowest BCUT2D eigenvalue weighted by molar-refractivity contribution is -0.384. The smallest absolute Gasteiger partial charge is 0.269 e. The second-order valence-electron chi connectivity index (χ2n) is 6.39. The van der Waals surface area contributed by atoms with Crippen molar-refractivity contribution in [1.29, 1.82) is 0 Å². The number of nitro benzene ring substituents is 1. The van der Waals surface area contributed by atoms with Crippen LogP contribution in [0.2, 0.25) is 0 Å². The summed E-state index contributed by atoms with van der Waals surface area (Å²) in [6.45, 7) is 2.77. The van der Waals surface area contributed by atoms with Gasteiger partial charge in [-0.15, -0.1) is 11.8 Å². The third-order valence-electron chi connectivity index (χ3n) is 4.18. The van der Waals surface area contributed by atoms with Crippen molar-refractivity contribution < 1.29 is 14.5 Å². The van der Waals surface area contributed by atoms with Crippen LogP contribution >= 0.6 is 23.5 Å². The van der Waals surface area contributed by atoms with Crippen LogP contribution in [0.1, 0.15) is 12.6 Å². The summed E-state index contributed by atoms with van der Waals surface area (Å²) in [5, 5.41) is 14.2. The number of thioether (sulfide) groups is 2. The van der Waals surface area contributed by atoms with Gasteiger partial charge in [0.1, 0.15) is 0 Å². The normalized spacial score (nSPS) is 15.2. The van der Waals surface area contributed by atoms with Gasteiger partial charge in [0.05, 0.1) is 34.4 Å². The molecule has 1 atom stereocenters. The van der Waals surface area contributed by atoms with Gasteiger partial charge in [0.2, 0.25) is 5.91 Å². The Bertz CT molecular complexity index is 977. The molecule has 0 spiro atoms. The van der Waals surface area contributed by atoms with Crippen LogP contribution in [0.5, 0.6) is 0 Å². The van der Waals surface area contributed by atoms with Gasteiger partial charge in [-0.1, -0.05) is 18.7 Å². The summed E-state index contributed by atoms with van der Waals surface area (Å²) in [5.41, 5.74) is 1.10. The first kappa shape index (κ1) is 21.3.